The fourth-order valence-corrected chi connectivity index (χ4v) is 3.73. The van der Waals surface area contributed by atoms with Crippen LogP contribution in [0, 0.1) is 0 Å². The van der Waals surface area contributed by atoms with Gasteiger partial charge < -0.3 is 15.5 Å². The topological polar surface area (TPSA) is 94.7 Å². The second-order valence-corrected chi connectivity index (χ2v) is 7.62. The van der Waals surface area contributed by atoms with Crippen molar-refractivity contribution in [1.82, 2.24) is 30.0 Å². The Morgan fingerprint density at radius 2 is 1.92 bits per heavy atom. The molecule has 2 heterocycles. The quantitative estimate of drug-likeness (QED) is 0.701. The smallest absolute Gasteiger partial charge is 0.143 e. The molecule has 2 saturated carbocycles. The molecule has 2 atom stereocenters. The zero-order chi connectivity index (χ0) is 17.9. The predicted octanol–water partition coefficient (Wildman–Crippen LogP) is 2.37. The number of aromatic nitrogens is 5. The average Bonchev–Trinajstić information content (AvgIpc) is 3.36. The minimum Gasteiger partial charge on any atom is -0.366 e. The Labute approximate surface area is 154 Å². The van der Waals surface area contributed by atoms with E-state index in [-0.39, 0.29) is 0 Å². The molecule has 8 heteroatoms. The van der Waals surface area contributed by atoms with Gasteiger partial charge in [0.2, 0.25) is 0 Å². The number of hydrogen-bond donors (Lipinski definition) is 3. The van der Waals surface area contributed by atoms with E-state index >= 15 is 0 Å². The van der Waals surface area contributed by atoms with Crippen LogP contribution in [0.4, 0.5) is 11.6 Å². The van der Waals surface area contributed by atoms with Gasteiger partial charge in [-0.1, -0.05) is 12.8 Å². The number of hydrogen-bond acceptors (Lipinski definition) is 7. The van der Waals surface area contributed by atoms with E-state index in [1.165, 1.54) is 44.9 Å². The molecule has 2 unspecified atom stereocenters. The van der Waals surface area contributed by atoms with Crippen LogP contribution in [0.3, 0.4) is 0 Å². The minimum absolute atomic E-state index is 0.433. The van der Waals surface area contributed by atoms with Crippen LogP contribution in [-0.2, 0) is 6.54 Å². The standard InChI is InChI=1S/C18H28N8/c1-26(2)14-6-4-3-5-13(14)22-16-9-15(19-10-17-20-11-21-25-17)23-18(24-16)12-7-8-12/h9,11-14H,3-8,10H2,1-2H3,(H,20,21,25)(H2,19,22,23,24). The molecule has 0 saturated heterocycles. The second-order valence-electron chi connectivity index (χ2n) is 7.62. The first-order chi connectivity index (χ1) is 12.7. The van der Waals surface area contributed by atoms with Gasteiger partial charge in [0.25, 0.3) is 0 Å². The number of nitrogens with zero attached hydrogens (tertiary/aromatic N) is 5. The van der Waals surface area contributed by atoms with Crippen LogP contribution in [0.15, 0.2) is 12.4 Å². The van der Waals surface area contributed by atoms with Crippen molar-refractivity contribution in [2.45, 2.75) is 63.1 Å². The lowest BCUT2D eigenvalue weighted by Crippen LogP contribution is -2.45. The van der Waals surface area contributed by atoms with Crippen molar-refractivity contribution in [2.75, 3.05) is 24.7 Å². The number of aromatic amines is 1. The Morgan fingerprint density at radius 1 is 1.12 bits per heavy atom. The molecule has 2 aromatic heterocycles. The molecular weight excluding hydrogens is 328 g/mol. The van der Waals surface area contributed by atoms with E-state index in [2.05, 4.69) is 44.8 Å². The van der Waals surface area contributed by atoms with Gasteiger partial charge in [-0.05, 0) is 39.8 Å². The molecule has 8 nitrogen and oxygen atoms in total. The zero-order valence-corrected chi connectivity index (χ0v) is 15.6. The van der Waals surface area contributed by atoms with Crippen molar-refractivity contribution in [3.05, 3.63) is 24.0 Å². The third-order valence-electron chi connectivity index (χ3n) is 5.31. The second kappa shape index (κ2) is 7.57. The highest BCUT2D eigenvalue weighted by molar-refractivity contribution is 5.49. The molecule has 2 aromatic rings. The Hall–Kier alpha value is -2.22. The molecule has 0 amide bonds. The molecule has 0 bridgehead atoms. The third-order valence-corrected chi connectivity index (χ3v) is 5.31. The van der Waals surface area contributed by atoms with Gasteiger partial charge in [-0.25, -0.2) is 15.0 Å². The maximum absolute atomic E-state index is 4.81. The Balaban J connectivity index is 1.50. The van der Waals surface area contributed by atoms with E-state index in [1.807, 2.05) is 6.07 Å². The van der Waals surface area contributed by atoms with Crippen LogP contribution in [0.5, 0.6) is 0 Å². The Kier molecular flexibility index (Phi) is 5.01. The van der Waals surface area contributed by atoms with Crippen molar-refractivity contribution in [3.8, 4) is 0 Å². The molecule has 3 N–H and O–H groups in total. The van der Waals surface area contributed by atoms with Crippen molar-refractivity contribution in [3.63, 3.8) is 0 Å². The van der Waals surface area contributed by atoms with Crippen molar-refractivity contribution >= 4 is 11.6 Å². The van der Waals surface area contributed by atoms with Crippen molar-refractivity contribution < 1.29 is 0 Å². The summed E-state index contributed by atoms with van der Waals surface area (Å²) < 4.78 is 0. The highest BCUT2D eigenvalue weighted by Gasteiger charge is 2.29. The molecule has 0 radical (unpaired) electrons. The van der Waals surface area contributed by atoms with E-state index in [4.69, 9.17) is 9.97 Å². The summed E-state index contributed by atoms with van der Waals surface area (Å²) >= 11 is 0. The molecular formula is C18H28N8. The van der Waals surface area contributed by atoms with Crippen molar-refractivity contribution in [2.24, 2.45) is 0 Å². The van der Waals surface area contributed by atoms with E-state index < -0.39 is 0 Å². The maximum atomic E-state index is 4.81. The lowest BCUT2D eigenvalue weighted by atomic mass is 9.89. The molecule has 2 aliphatic carbocycles. The summed E-state index contributed by atoms with van der Waals surface area (Å²) in [6.07, 6.45) is 8.91. The highest BCUT2D eigenvalue weighted by atomic mass is 15.2. The van der Waals surface area contributed by atoms with Crippen molar-refractivity contribution in [1.29, 1.82) is 0 Å². The lowest BCUT2D eigenvalue weighted by Gasteiger charge is -2.36. The number of rotatable bonds is 7. The molecule has 0 spiro atoms. The van der Waals surface area contributed by atoms with Gasteiger partial charge >= 0.3 is 0 Å². The molecule has 0 aliphatic heterocycles. The van der Waals surface area contributed by atoms with Gasteiger partial charge in [-0.15, -0.1) is 0 Å². The normalized spacial score (nSPS) is 23.2. The van der Waals surface area contributed by atoms with E-state index in [0.717, 1.165) is 23.3 Å². The number of nitrogens with one attached hydrogen (secondary N) is 3. The van der Waals surface area contributed by atoms with Crippen LogP contribution < -0.4 is 10.6 Å². The summed E-state index contributed by atoms with van der Waals surface area (Å²) in [5.74, 6) is 4.04. The summed E-state index contributed by atoms with van der Waals surface area (Å²) in [5.41, 5.74) is 0. The molecule has 140 valence electrons. The maximum Gasteiger partial charge on any atom is 0.143 e. The summed E-state index contributed by atoms with van der Waals surface area (Å²) in [6.45, 7) is 0.574. The summed E-state index contributed by atoms with van der Waals surface area (Å²) in [5, 5.41) is 13.8. The Morgan fingerprint density at radius 3 is 2.65 bits per heavy atom. The number of H-pyrrole nitrogens is 1. The minimum atomic E-state index is 0.433. The number of anilines is 2. The van der Waals surface area contributed by atoms with E-state index in [9.17, 15) is 0 Å². The van der Waals surface area contributed by atoms with E-state index in [0.29, 0.717) is 24.5 Å². The van der Waals surface area contributed by atoms with Gasteiger partial charge in [0.05, 0.1) is 6.54 Å². The summed E-state index contributed by atoms with van der Waals surface area (Å²) in [7, 11) is 4.34. The van der Waals surface area contributed by atoms with Crippen LogP contribution in [-0.4, -0.2) is 56.2 Å². The average molecular weight is 356 g/mol. The van der Waals surface area contributed by atoms with E-state index in [1.54, 1.807) is 0 Å². The van der Waals surface area contributed by atoms with Crippen LogP contribution in [0.25, 0.3) is 0 Å². The molecule has 26 heavy (non-hydrogen) atoms. The fraction of sp³-hybridized carbons (Fsp3) is 0.667. The lowest BCUT2D eigenvalue weighted by molar-refractivity contribution is 0.211. The summed E-state index contributed by atoms with van der Waals surface area (Å²) in [4.78, 5) is 16.0. The molecule has 4 rings (SSSR count). The van der Waals surface area contributed by atoms with Crippen LogP contribution in [0.2, 0.25) is 0 Å². The van der Waals surface area contributed by atoms with Gasteiger partial charge in [0.1, 0.15) is 29.6 Å². The zero-order valence-electron chi connectivity index (χ0n) is 15.6. The Bertz CT molecular complexity index is 710. The largest absolute Gasteiger partial charge is 0.366 e. The predicted molar refractivity (Wildman–Crippen MR) is 101 cm³/mol. The number of likely N-dealkylation sites (N-methyl/N-ethyl adjacent to an activating group) is 1. The van der Waals surface area contributed by atoms with Crippen LogP contribution >= 0.6 is 0 Å². The molecule has 2 fully saturated rings. The van der Waals surface area contributed by atoms with Gasteiger partial charge in [0.15, 0.2) is 0 Å². The van der Waals surface area contributed by atoms with Gasteiger partial charge in [-0.2, -0.15) is 5.10 Å². The third kappa shape index (κ3) is 4.12. The highest BCUT2D eigenvalue weighted by Crippen LogP contribution is 2.39. The monoisotopic (exact) mass is 356 g/mol. The fourth-order valence-electron chi connectivity index (χ4n) is 3.73. The first-order valence-electron chi connectivity index (χ1n) is 9.59. The van der Waals surface area contributed by atoms with Crippen LogP contribution in [0.1, 0.15) is 56.1 Å². The SMILES string of the molecule is CN(C)C1CCCCC1Nc1cc(NCc2ncn[nH]2)nc(C2CC2)n1. The molecule has 0 aromatic carbocycles. The van der Waals surface area contributed by atoms with Gasteiger partial charge in [0, 0.05) is 24.1 Å². The summed E-state index contributed by atoms with van der Waals surface area (Å²) in [6, 6.07) is 3.00. The van der Waals surface area contributed by atoms with Gasteiger partial charge in [-0.3, -0.25) is 5.10 Å². The molecule has 2 aliphatic rings. The first-order valence-corrected chi connectivity index (χ1v) is 9.59. The first kappa shape index (κ1) is 17.2.